The molecule has 0 rings (SSSR count). The maximum Gasteiger partial charge on any atom is 2.00 e. The Hall–Kier alpha value is 16.4. The van der Waals surface area contributed by atoms with E-state index < -0.39 is 21.6 Å². The van der Waals surface area contributed by atoms with Crippen LogP contribution in [0.4, 0.5) is 0 Å². The van der Waals surface area contributed by atoms with E-state index in [0.29, 0.717) is 87.2 Å². The van der Waals surface area contributed by atoms with Gasteiger partial charge in [-0.2, -0.15) is 0 Å². The number of unbranched alkanes of at least 4 members (excludes halogenated alkanes) is 4. The van der Waals surface area contributed by atoms with Gasteiger partial charge in [-0.25, -0.2) is 0 Å². The molecule has 0 unspecified atom stereocenters. The predicted octanol–water partition coefficient (Wildman–Crippen LogP) is -49.8. The summed E-state index contributed by atoms with van der Waals surface area (Å²) >= 11 is 0. The summed E-state index contributed by atoms with van der Waals surface area (Å²) in [5.74, 6) is 11.5. The molecule has 0 saturated heterocycles. The van der Waals surface area contributed by atoms with Gasteiger partial charge >= 0.3 is 136 Å². The molecule has 0 bridgehead atoms. The molecule has 2 nitrogen and oxygen atoms in total. The van der Waals surface area contributed by atoms with Gasteiger partial charge in [-0.3, -0.25) is 8.42 Å². The standard InChI is InChI=1S/4C8H20S2.2C2H6OS.18BrH.5Pb/c4*1-9(2)7-5-6-8-10(3)4;2*1-4(2)3;;;;;;;;;;;;;;;;;;;;;;;/h4*5-8H2,1-4H3;2*1-2H3;18*1H;;;;;/q4*+2;;;;;;;;;;;;;;;;;;;;;5*+2/p-18. The minimum atomic E-state index is -0.611. The van der Waals surface area contributed by atoms with Gasteiger partial charge in [-0.15, -0.1) is 0 Å². The normalized spacial score (nSPS) is 7.41. The maximum absolute atomic E-state index is 9.56. The first kappa shape index (κ1) is 191. The second-order valence-electron chi connectivity index (χ2n) is 13.8. The summed E-state index contributed by atoms with van der Waals surface area (Å²) in [5.41, 5.74) is 0. The first-order chi connectivity index (χ1) is 22.0. The molecule has 0 heterocycles. The Bertz CT molecular complexity index is 557. The summed E-state index contributed by atoms with van der Waals surface area (Å²) in [4.78, 5) is 0. The predicted molar refractivity (Wildman–Crippen MR) is 298 cm³/mol. The van der Waals surface area contributed by atoms with Gasteiger partial charge < -0.3 is 306 Å². The van der Waals surface area contributed by atoms with Crippen molar-refractivity contribution in [3.63, 3.8) is 0 Å². The van der Waals surface area contributed by atoms with Gasteiger partial charge in [-0.05, 0) is 139 Å². The van der Waals surface area contributed by atoms with Crippen LogP contribution in [0.25, 0.3) is 0 Å². The molecule has 0 saturated carbocycles. The van der Waals surface area contributed by atoms with E-state index in [1.807, 2.05) is 0 Å². The fourth-order valence-corrected chi connectivity index (χ4v) is 9.38. The van der Waals surface area contributed by atoms with Crippen molar-refractivity contribution in [3.8, 4) is 0 Å². The largest absolute Gasteiger partial charge is 2.00 e. The summed E-state index contributed by atoms with van der Waals surface area (Å²) in [6.07, 6.45) is 55.4. The van der Waals surface area contributed by atoms with Gasteiger partial charge in [0.1, 0.15) is 46.0 Å². The van der Waals surface area contributed by atoms with Crippen LogP contribution in [0.15, 0.2) is 0 Å². The van der Waals surface area contributed by atoms with E-state index in [-0.39, 0.29) is 442 Å². The molecule has 0 aliphatic rings. The topological polar surface area (TPSA) is 34.1 Å². The van der Waals surface area contributed by atoms with E-state index in [1.54, 1.807) is 25.0 Å². The van der Waals surface area contributed by atoms with Gasteiger partial charge in [0.15, 0.2) is 0 Å². The third-order valence-corrected chi connectivity index (χ3v) is 14.3. The van der Waals surface area contributed by atoms with Gasteiger partial charge in [0.25, 0.3) is 0 Å². The third-order valence-electron chi connectivity index (χ3n) is 5.42. The van der Waals surface area contributed by atoms with Gasteiger partial charge in [-0.1, -0.05) is 0 Å². The quantitative estimate of drug-likeness (QED) is 0.0692. The summed E-state index contributed by atoms with van der Waals surface area (Å²) < 4.78 is 19.1. The molecule has 0 aromatic heterocycles. The molecule has 0 N–H and O–H groups in total. The monoisotopic (exact) mass is 3340 g/mol. The Kier molecular flexibility index (Phi) is 436. The molecule has 0 aromatic rings. The van der Waals surface area contributed by atoms with Crippen LogP contribution in [-0.2, 0) is 109 Å². The second kappa shape index (κ2) is 162. The Morgan fingerprint density at radius 3 is 0.268 bits per heavy atom. The SMILES string of the molecule is CS(C)=O.CS(C)=O.C[S+](C)CCCC[S+](C)C.C[S+](C)CCCC[S+](C)C.C[S+](C)CCCC[S+](C)C.C[S+](C)CCCC[S+](C)C.[Br-].[Br-].[Br-].[Br-].[Br-].[Br-].[Br-].[Br-].[Br-].[Br-].[Br-].[Br-].[Br-].[Br-].[Br-].[Br-].[Br-].[Br-].[Pb+2].[Pb+2].[Pb+2].[Pb+2].[Pb+2]. The molecular formula is C36H92Br18O2Pb5S10. The number of hydrogen-bond acceptors (Lipinski definition) is 2. The Morgan fingerprint density at radius 1 is 0.197 bits per heavy atom. The molecule has 0 aliphatic carbocycles. The van der Waals surface area contributed by atoms with Crippen LogP contribution in [0.2, 0.25) is 0 Å². The van der Waals surface area contributed by atoms with E-state index in [1.165, 1.54) is 97.4 Å². The van der Waals surface area contributed by atoms with Crippen LogP contribution in [0.1, 0.15) is 51.4 Å². The van der Waals surface area contributed by atoms with E-state index >= 15 is 0 Å². The molecule has 0 aliphatic heterocycles. The van der Waals surface area contributed by atoms with Crippen molar-refractivity contribution in [2.75, 3.05) is 171 Å². The van der Waals surface area contributed by atoms with Crippen LogP contribution in [-0.4, -0.2) is 316 Å². The summed E-state index contributed by atoms with van der Waals surface area (Å²) in [6.45, 7) is 0. The molecule has 10 radical (unpaired) electrons. The third kappa shape index (κ3) is 312. The molecule has 454 valence electrons. The molecule has 0 amide bonds. The molecule has 0 atom stereocenters. The van der Waals surface area contributed by atoms with Crippen molar-refractivity contribution in [1.29, 1.82) is 0 Å². The van der Waals surface area contributed by atoms with E-state index in [2.05, 4.69) is 100 Å². The van der Waals surface area contributed by atoms with Gasteiger partial charge in [0.05, 0.1) is 100 Å². The van der Waals surface area contributed by atoms with Crippen molar-refractivity contribution in [1.82, 2.24) is 0 Å². The molecular weight excluding hydrogens is 3260 g/mol. The first-order valence-corrected chi connectivity index (χ1v) is 38.4. The fraction of sp³-hybridized carbons (Fsp3) is 1.00. The second-order valence-corrected chi connectivity index (χ2v) is 35.8. The van der Waals surface area contributed by atoms with Crippen LogP contribution in [0.5, 0.6) is 0 Å². The van der Waals surface area contributed by atoms with Crippen LogP contribution >= 0.6 is 0 Å². The minimum absolute atomic E-state index is 0. The van der Waals surface area contributed by atoms with Gasteiger partial charge in [0.2, 0.25) is 0 Å². The number of halogens is 18. The molecule has 0 spiro atoms. The average molecular weight is 3350 g/mol. The molecule has 71 heavy (non-hydrogen) atoms. The van der Waals surface area contributed by atoms with Crippen molar-refractivity contribution in [3.05, 3.63) is 0 Å². The van der Waals surface area contributed by atoms with Crippen molar-refractivity contribution < 1.29 is 314 Å². The molecule has 0 aromatic carbocycles. The Labute approximate surface area is 765 Å². The van der Waals surface area contributed by atoms with Crippen molar-refractivity contribution in [2.45, 2.75) is 51.4 Å². The first-order valence-electron chi connectivity index (χ1n) is 16.8. The van der Waals surface area contributed by atoms with Crippen molar-refractivity contribution >= 4 is 245 Å². The van der Waals surface area contributed by atoms with Gasteiger partial charge in [0, 0.05) is 46.6 Å². The van der Waals surface area contributed by atoms with Crippen LogP contribution < -0.4 is 306 Å². The van der Waals surface area contributed by atoms with E-state index in [9.17, 15) is 8.42 Å². The maximum atomic E-state index is 9.56. The molecule has 0 fully saturated rings. The zero-order valence-electron chi connectivity index (χ0n) is 45.5. The van der Waals surface area contributed by atoms with E-state index in [0.717, 1.165) is 0 Å². The number of hydrogen-bond donors (Lipinski definition) is 0. The average Bonchev–Trinajstić information content (AvgIpc) is 2.89. The smallest absolute Gasteiger partial charge is 1.00 e. The zero-order valence-corrected chi connectivity index (χ0v) is 102. The zero-order chi connectivity index (χ0) is 39.1. The summed E-state index contributed by atoms with van der Waals surface area (Å²) in [7, 11) is 4.16. The van der Waals surface area contributed by atoms with E-state index in [4.69, 9.17) is 0 Å². The van der Waals surface area contributed by atoms with Crippen LogP contribution in [0, 0.1) is 0 Å². The fourth-order valence-electron chi connectivity index (χ4n) is 3.13. The van der Waals surface area contributed by atoms with Crippen molar-refractivity contribution in [2.24, 2.45) is 0 Å². The minimum Gasteiger partial charge on any atom is -1.00 e. The Balaban J connectivity index is -0.0000000106. The summed E-state index contributed by atoms with van der Waals surface area (Å²) in [5, 5.41) is 0. The Morgan fingerprint density at radius 2 is 0.239 bits per heavy atom. The number of rotatable bonds is 20. The van der Waals surface area contributed by atoms with Crippen LogP contribution in [0.3, 0.4) is 0 Å². The summed E-state index contributed by atoms with van der Waals surface area (Å²) in [6, 6.07) is 0. The molecule has 35 heteroatoms.